The summed E-state index contributed by atoms with van der Waals surface area (Å²) in [7, 11) is 0. The summed E-state index contributed by atoms with van der Waals surface area (Å²) in [5, 5.41) is 64.4. The van der Waals surface area contributed by atoms with Crippen molar-refractivity contribution in [1.82, 2.24) is 0 Å². The fourth-order valence-corrected chi connectivity index (χ4v) is 4.61. The molecule has 0 unspecified atom stereocenters. The summed E-state index contributed by atoms with van der Waals surface area (Å²) >= 11 is 0. The number of hydrogen-bond donors (Lipinski definition) is 6. The second-order valence-electron chi connectivity index (χ2n) is 8.90. The lowest BCUT2D eigenvalue weighted by molar-refractivity contribution is 0.404. The van der Waals surface area contributed by atoms with Gasteiger partial charge in [0, 0.05) is 23.6 Å². The second-order valence-corrected chi connectivity index (χ2v) is 8.90. The van der Waals surface area contributed by atoms with Crippen LogP contribution in [0.3, 0.4) is 0 Å². The number of phenolic OH excluding ortho intramolecular Hbond substituents is 6. The monoisotopic (exact) mass is 468 g/mol. The van der Waals surface area contributed by atoms with Crippen molar-refractivity contribution in [2.75, 3.05) is 0 Å². The first-order valence-corrected chi connectivity index (χ1v) is 11.1. The molecule has 0 saturated heterocycles. The molecule has 6 heteroatoms. The number of phenols is 6. The Balaban J connectivity index is 1.53. The highest BCUT2D eigenvalue weighted by Gasteiger charge is 2.16. The summed E-state index contributed by atoms with van der Waals surface area (Å²) in [5.74, 6) is -0.446. The van der Waals surface area contributed by atoms with Crippen LogP contribution < -0.4 is 0 Å². The lowest BCUT2D eigenvalue weighted by Crippen LogP contribution is -1.97. The Kier molecular flexibility index (Phi) is 5.29. The average Bonchev–Trinajstić information content (AvgIpc) is 2.82. The molecule has 0 bridgehead atoms. The maximum Gasteiger partial charge on any atom is 0.158 e. The lowest BCUT2D eigenvalue weighted by Gasteiger charge is -2.15. The van der Waals surface area contributed by atoms with E-state index in [1.807, 2.05) is 25.1 Å². The Morgan fingerprint density at radius 3 is 1.63 bits per heavy atom. The first-order chi connectivity index (χ1) is 16.7. The van der Waals surface area contributed by atoms with Gasteiger partial charge in [-0.25, -0.2) is 0 Å². The number of fused-ring (bicyclic) bond motifs is 2. The molecular weight excluding hydrogens is 444 g/mol. The SMILES string of the molecule is Cc1cc(Cc2ccc3ccc(O)cc3c2O)c(O)c(Cc2ccc3cc(O)c(O)cc3c2O)c1. The standard InChI is InChI=1S/C29H24O6/c1-15-8-20(10-18-4-2-16-6-7-22(30)13-23(16)28(18)34)27(33)21(9-15)11-19-5-3-17-12-25(31)26(32)14-24(17)29(19)35/h2-9,12-14,30-35H,10-11H2,1H3. The topological polar surface area (TPSA) is 121 Å². The second kappa shape index (κ2) is 8.33. The molecule has 0 saturated carbocycles. The predicted octanol–water partition coefficient (Wildman–Crippen LogP) is 5.72. The largest absolute Gasteiger partial charge is 0.508 e. The minimum atomic E-state index is -0.325. The van der Waals surface area contributed by atoms with Crippen LogP contribution in [0.25, 0.3) is 21.5 Å². The summed E-state index contributed by atoms with van der Waals surface area (Å²) in [6.45, 7) is 1.91. The molecule has 5 aromatic rings. The summed E-state index contributed by atoms with van der Waals surface area (Å²) in [4.78, 5) is 0. The van der Waals surface area contributed by atoms with Gasteiger partial charge in [-0.05, 0) is 64.2 Å². The van der Waals surface area contributed by atoms with Crippen molar-refractivity contribution >= 4 is 21.5 Å². The number of rotatable bonds is 4. The normalized spacial score (nSPS) is 11.3. The number of benzene rings is 5. The fraction of sp³-hybridized carbons (Fsp3) is 0.103. The van der Waals surface area contributed by atoms with E-state index in [4.69, 9.17) is 0 Å². The van der Waals surface area contributed by atoms with E-state index < -0.39 is 0 Å². The van der Waals surface area contributed by atoms with Crippen molar-refractivity contribution in [1.29, 1.82) is 0 Å². The molecule has 35 heavy (non-hydrogen) atoms. The third-order valence-electron chi connectivity index (χ3n) is 6.40. The minimum Gasteiger partial charge on any atom is -0.508 e. The molecule has 0 aromatic heterocycles. The Labute approximate surface area is 201 Å². The van der Waals surface area contributed by atoms with Crippen molar-refractivity contribution in [2.45, 2.75) is 19.8 Å². The van der Waals surface area contributed by atoms with Crippen LogP contribution in [0, 0.1) is 6.92 Å². The van der Waals surface area contributed by atoms with Gasteiger partial charge < -0.3 is 30.6 Å². The van der Waals surface area contributed by atoms with E-state index in [9.17, 15) is 30.6 Å². The summed E-state index contributed by atoms with van der Waals surface area (Å²) in [5.41, 5.74) is 3.30. The molecule has 0 spiro atoms. The Bertz CT molecular complexity index is 1620. The minimum absolute atomic E-state index is 0.0350. The van der Waals surface area contributed by atoms with Gasteiger partial charge in [-0.2, -0.15) is 0 Å². The molecule has 0 amide bonds. The van der Waals surface area contributed by atoms with Gasteiger partial charge in [0.15, 0.2) is 11.5 Å². The first kappa shape index (κ1) is 22.2. The zero-order valence-corrected chi connectivity index (χ0v) is 18.9. The smallest absolute Gasteiger partial charge is 0.158 e. The summed E-state index contributed by atoms with van der Waals surface area (Å²) in [6, 6.07) is 18.3. The molecule has 0 aliphatic rings. The van der Waals surface area contributed by atoms with Crippen molar-refractivity contribution in [3.8, 4) is 34.5 Å². The average molecular weight is 469 g/mol. The number of aromatic hydroxyl groups is 6. The van der Waals surface area contributed by atoms with Gasteiger partial charge in [-0.1, -0.05) is 48.0 Å². The summed E-state index contributed by atoms with van der Waals surface area (Å²) in [6.07, 6.45) is 0.510. The van der Waals surface area contributed by atoms with Gasteiger partial charge in [0.25, 0.3) is 0 Å². The highest BCUT2D eigenvalue weighted by Crippen LogP contribution is 2.39. The van der Waals surface area contributed by atoms with Crippen LogP contribution in [-0.4, -0.2) is 30.6 Å². The predicted molar refractivity (Wildman–Crippen MR) is 135 cm³/mol. The Morgan fingerprint density at radius 1 is 0.486 bits per heavy atom. The highest BCUT2D eigenvalue weighted by molar-refractivity contribution is 5.92. The van der Waals surface area contributed by atoms with E-state index >= 15 is 0 Å². The molecule has 6 N–H and O–H groups in total. The molecular formula is C29H24O6. The van der Waals surface area contributed by atoms with E-state index in [0.717, 1.165) is 10.9 Å². The molecule has 176 valence electrons. The third kappa shape index (κ3) is 3.99. The molecule has 0 aliphatic heterocycles. The van der Waals surface area contributed by atoms with E-state index in [1.165, 1.54) is 18.2 Å². The van der Waals surface area contributed by atoms with Gasteiger partial charge >= 0.3 is 0 Å². The van der Waals surface area contributed by atoms with Gasteiger partial charge in [0.1, 0.15) is 23.0 Å². The molecule has 6 nitrogen and oxygen atoms in total. The van der Waals surface area contributed by atoms with Crippen molar-refractivity contribution < 1.29 is 30.6 Å². The van der Waals surface area contributed by atoms with Crippen LogP contribution in [0.4, 0.5) is 0 Å². The van der Waals surface area contributed by atoms with E-state index in [-0.39, 0.29) is 47.3 Å². The van der Waals surface area contributed by atoms with Gasteiger partial charge in [-0.15, -0.1) is 0 Å². The van der Waals surface area contributed by atoms with Crippen LogP contribution >= 0.6 is 0 Å². The first-order valence-electron chi connectivity index (χ1n) is 11.1. The van der Waals surface area contributed by atoms with E-state index in [1.54, 1.807) is 30.3 Å². The lowest BCUT2D eigenvalue weighted by atomic mass is 9.93. The summed E-state index contributed by atoms with van der Waals surface area (Å²) < 4.78 is 0. The fourth-order valence-electron chi connectivity index (χ4n) is 4.61. The quantitative estimate of drug-likeness (QED) is 0.188. The number of aryl methyl sites for hydroxylation is 1. The van der Waals surface area contributed by atoms with Crippen LogP contribution in [-0.2, 0) is 12.8 Å². The Morgan fingerprint density at radius 2 is 1.00 bits per heavy atom. The zero-order chi connectivity index (χ0) is 24.9. The van der Waals surface area contributed by atoms with Gasteiger partial charge in [0.05, 0.1) is 0 Å². The molecule has 5 aromatic carbocycles. The molecule has 0 fully saturated rings. The van der Waals surface area contributed by atoms with Gasteiger partial charge in [-0.3, -0.25) is 0 Å². The van der Waals surface area contributed by atoms with E-state index in [0.29, 0.717) is 38.4 Å². The third-order valence-corrected chi connectivity index (χ3v) is 6.40. The number of hydrogen-bond acceptors (Lipinski definition) is 6. The Hall–Kier alpha value is -4.58. The maximum atomic E-state index is 11.1. The molecule has 0 heterocycles. The molecule has 0 atom stereocenters. The van der Waals surface area contributed by atoms with Crippen molar-refractivity contribution in [2.24, 2.45) is 0 Å². The zero-order valence-electron chi connectivity index (χ0n) is 18.9. The highest BCUT2D eigenvalue weighted by atomic mass is 16.3. The maximum absolute atomic E-state index is 11.1. The van der Waals surface area contributed by atoms with E-state index in [2.05, 4.69) is 0 Å². The van der Waals surface area contributed by atoms with Crippen LogP contribution in [0.5, 0.6) is 34.5 Å². The van der Waals surface area contributed by atoms with Crippen molar-refractivity contribution in [3.63, 3.8) is 0 Å². The van der Waals surface area contributed by atoms with Crippen LogP contribution in [0.1, 0.15) is 27.8 Å². The van der Waals surface area contributed by atoms with Crippen LogP contribution in [0.15, 0.2) is 66.7 Å². The molecule has 0 aliphatic carbocycles. The molecule has 0 radical (unpaired) electrons. The molecule has 5 rings (SSSR count). The van der Waals surface area contributed by atoms with Gasteiger partial charge in [0.2, 0.25) is 0 Å². The van der Waals surface area contributed by atoms with Crippen LogP contribution in [0.2, 0.25) is 0 Å². The van der Waals surface area contributed by atoms with Crippen molar-refractivity contribution in [3.05, 3.63) is 94.5 Å².